The Morgan fingerprint density at radius 2 is 2.05 bits per heavy atom. The molecule has 0 N–H and O–H groups in total. The van der Waals surface area contributed by atoms with Crippen molar-refractivity contribution >= 4 is 15.8 Å². The number of sulfonamides is 1. The Bertz CT molecular complexity index is 615. The van der Waals surface area contributed by atoms with Gasteiger partial charge in [0.15, 0.2) is 0 Å². The van der Waals surface area contributed by atoms with Gasteiger partial charge in [0.25, 0.3) is 0 Å². The minimum absolute atomic E-state index is 0.0339. The molecule has 7 heteroatoms. The Hall–Kier alpha value is -1.21. The van der Waals surface area contributed by atoms with Crippen LogP contribution in [0, 0.1) is 6.92 Å². The van der Waals surface area contributed by atoms with Crippen LogP contribution in [0.4, 0.5) is 5.82 Å². The monoisotopic (exact) mass is 310 g/mol. The predicted molar refractivity (Wildman–Crippen MR) is 81.7 cm³/mol. The highest BCUT2D eigenvalue weighted by Crippen LogP contribution is 2.32. The van der Waals surface area contributed by atoms with E-state index in [0.29, 0.717) is 6.54 Å². The van der Waals surface area contributed by atoms with Crippen LogP contribution in [-0.2, 0) is 10.0 Å². The molecule has 116 valence electrons. The summed E-state index contributed by atoms with van der Waals surface area (Å²) < 4.78 is 26.3. The minimum atomic E-state index is -3.11. The van der Waals surface area contributed by atoms with Crippen LogP contribution in [0.2, 0.25) is 0 Å². The second-order valence-electron chi connectivity index (χ2n) is 6.02. The molecule has 0 spiro atoms. The third kappa shape index (κ3) is 3.03. The number of nitrogens with zero attached hydrogens (tertiary/aromatic N) is 4. The summed E-state index contributed by atoms with van der Waals surface area (Å²) in [5.74, 6) is 0.844. The Balaban J connectivity index is 1.74. The highest BCUT2D eigenvalue weighted by molar-refractivity contribution is 7.90. The number of aryl methyl sites for hydroxylation is 1. The molecule has 0 aromatic carbocycles. The Morgan fingerprint density at radius 1 is 1.29 bits per heavy atom. The minimum Gasteiger partial charge on any atom is -0.354 e. The number of piperidine rings is 1. The molecule has 1 aromatic heterocycles. The molecular weight excluding hydrogens is 288 g/mol. The largest absolute Gasteiger partial charge is 0.354 e. The molecule has 1 aliphatic heterocycles. The fourth-order valence-corrected chi connectivity index (χ4v) is 4.66. The van der Waals surface area contributed by atoms with Crippen LogP contribution in [0.25, 0.3) is 0 Å². The first-order valence-electron chi connectivity index (χ1n) is 7.49. The van der Waals surface area contributed by atoms with Gasteiger partial charge in [0.2, 0.25) is 10.0 Å². The number of aromatic nitrogens is 2. The molecule has 6 nitrogen and oxygen atoms in total. The van der Waals surface area contributed by atoms with E-state index in [0.717, 1.165) is 43.7 Å². The van der Waals surface area contributed by atoms with E-state index in [-0.39, 0.29) is 11.3 Å². The van der Waals surface area contributed by atoms with E-state index >= 15 is 0 Å². The topological polar surface area (TPSA) is 66.4 Å². The van der Waals surface area contributed by atoms with Gasteiger partial charge < -0.3 is 4.90 Å². The second kappa shape index (κ2) is 5.53. The summed E-state index contributed by atoms with van der Waals surface area (Å²) in [6, 6.07) is 0.0339. The van der Waals surface area contributed by atoms with Crippen molar-refractivity contribution < 1.29 is 8.42 Å². The zero-order chi connectivity index (χ0) is 15.0. The molecule has 3 rings (SSSR count). The van der Waals surface area contributed by atoms with Crippen LogP contribution < -0.4 is 4.90 Å². The maximum atomic E-state index is 12.4. The van der Waals surface area contributed by atoms with E-state index in [9.17, 15) is 8.42 Å². The molecule has 0 amide bonds. The maximum absolute atomic E-state index is 12.4. The molecule has 1 saturated heterocycles. The van der Waals surface area contributed by atoms with E-state index in [1.807, 2.05) is 6.92 Å². The van der Waals surface area contributed by atoms with Crippen LogP contribution in [0.5, 0.6) is 0 Å². The first-order valence-corrected chi connectivity index (χ1v) is 8.99. The van der Waals surface area contributed by atoms with Crippen molar-refractivity contribution in [3.05, 3.63) is 18.1 Å². The molecule has 1 aromatic rings. The lowest BCUT2D eigenvalue weighted by Gasteiger charge is -2.37. The molecule has 1 saturated carbocycles. The fraction of sp³-hybridized carbons (Fsp3) is 0.714. The van der Waals surface area contributed by atoms with E-state index in [4.69, 9.17) is 0 Å². The molecule has 2 heterocycles. The number of anilines is 1. The second-order valence-corrected chi connectivity index (χ2v) is 8.29. The van der Waals surface area contributed by atoms with Gasteiger partial charge in [0.05, 0.1) is 17.1 Å². The summed E-state index contributed by atoms with van der Waals surface area (Å²) in [6.07, 6.45) is 7.00. The zero-order valence-corrected chi connectivity index (χ0v) is 13.4. The van der Waals surface area contributed by atoms with Crippen LogP contribution in [0.3, 0.4) is 0 Å². The van der Waals surface area contributed by atoms with E-state index in [1.54, 1.807) is 23.7 Å². The summed E-state index contributed by atoms with van der Waals surface area (Å²) in [5, 5.41) is -0.142. The van der Waals surface area contributed by atoms with E-state index in [2.05, 4.69) is 14.9 Å². The van der Waals surface area contributed by atoms with Crippen molar-refractivity contribution in [2.24, 2.45) is 0 Å². The molecule has 1 unspecified atom stereocenters. The maximum Gasteiger partial charge on any atom is 0.217 e. The zero-order valence-electron chi connectivity index (χ0n) is 12.6. The van der Waals surface area contributed by atoms with Crippen molar-refractivity contribution in [1.29, 1.82) is 0 Å². The third-order valence-corrected chi connectivity index (χ3v) is 6.74. The Kier molecular flexibility index (Phi) is 3.88. The first kappa shape index (κ1) is 14.7. The van der Waals surface area contributed by atoms with Gasteiger partial charge >= 0.3 is 0 Å². The van der Waals surface area contributed by atoms with Crippen molar-refractivity contribution in [2.45, 2.75) is 43.9 Å². The number of hydrogen-bond donors (Lipinski definition) is 0. The lowest BCUT2D eigenvalue weighted by atomic mass is 10.1. The normalized spacial score (nSPS) is 23.6. The highest BCUT2D eigenvalue weighted by atomic mass is 32.2. The van der Waals surface area contributed by atoms with Crippen molar-refractivity contribution in [1.82, 2.24) is 14.3 Å². The molecule has 1 atom stereocenters. The summed E-state index contributed by atoms with van der Waals surface area (Å²) in [6.45, 7) is 3.52. The SMILES string of the molecule is Cc1cncc(N2CCCC(N(C)S(=O)(=O)C3CC3)C2)n1. The van der Waals surface area contributed by atoms with Crippen LogP contribution >= 0.6 is 0 Å². The van der Waals surface area contributed by atoms with Gasteiger partial charge in [-0.05, 0) is 32.6 Å². The first-order chi connectivity index (χ1) is 9.98. The molecular formula is C14H22N4O2S. The van der Waals surface area contributed by atoms with Gasteiger partial charge in [-0.2, -0.15) is 4.31 Å². The van der Waals surface area contributed by atoms with Gasteiger partial charge in [-0.1, -0.05) is 0 Å². The lowest BCUT2D eigenvalue weighted by Crippen LogP contribution is -2.49. The van der Waals surface area contributed by atoms with Crippen molar-refractivity contribution in [3.63, 3.8) is 0 Å². The third-order valence-electron chi connectivity index (χ3n) is 4.32. The molecule has 0 radical (unpaired) electrons. The molecule has 2 fully saturated rings. The van der Waals surface area contributed by atoms with E-state index < -0.39 is 10.0 Å². The predicted octanol–water partition coefficient (Wildman–Crippen LogP) is 1.18. The Morgan fingerprint density at radius 3 is 2.71 bits per heavy atom. The van der Waals surface area contributed by atoms with Crippen molar-refractivity contribution in [2.75, 3.05) is 25.0 Å². The van der Waals surface area contributed by atoms with Gasteiger partial charge in [-0.15, -0.1) is 0 Å². The van der Waals surface area contributed by atoms with Crippen LogP contribution in [-0.4, -0.2) is 54.1 Å². The quantitative estimate of drug-likeness (QED) is 0.835. The molecule has 2 aliphatic rings. The van der Waals surface area contributed by atoms with Gasteiger partial charge in [0, 0.05) is 32.4 Å². The summed E-state index contributed by atoms with van der Waals surface area (Å²) in [4.78, 5) is 10.8. The van der Waals surface area contributed by atoms with E-state index in [1.165, 1.54) is 0 Å². The van der Waals surface area contributed by atoms with Gasteiger partial charge in [-0.25, -0.2) is 13.4 Å². The van der Waals surface area contributed by atoms with Gasteiger partial charge in [-0.3, -0.25) is 4.98 Å². The Labute approximate surface area is 126 Å². The summed E-state index contributed by atoms with van der Waals surface area (Å²) in [5.41, 5.74) is 0.883. The number of likely N-dealkylation sites (N-methyl/N-ethyl adjacent to an activating group) is 1. The van der Waals surface area contributed by atoms with Crippen LogP contribution in [0.1, 0.15) is 31.4 Å². The molecule has 1 aliphatic carbocycles. The average molecular weight is 310 g/mol. The van der Waals surface area contributed by atoms with Crippen LogP contribution in [0.15, 0.2) is 12.4 Å². The average Bonchev–Trinajstić information content (AvgIpc) is 3.31. The smallest absolute Gasteiger partial charge is 0.217 e. The molecule has 21 heavy (non-hydrogen) atoms. The van der Waals surface area contributed by atoms with Gasteiger partial charge in [0.1, 0.15) is 5.82 Å². The lowest BCUT2D eigenvalue weighted by molar-refractivity contribution is 0.319. The number of hydrogen-bond acceptors (Lipinski definition) is 5. The highest BCUT2D eigenvalue weighted by Gasteiger charge is 2.41. The van der Waals surface area contributed by atoms with Crippen molar-refractivity contribution in [3.8, 4) is 0 Å². The summed E-state index contributed by atoms with van der Waals surface area (Å²) >= 11 is 0. The summed E-state index contributed by atoms with van der Waals surface area (Å²) in [7, 11) is -1.38. The number of rotatable bonds is 4. The fourth-order valence-electron chi connectivity index (χ4n) is 2.87. The molecule has 0 bridgehead atoms. The standard InChI is InChI=1S/C14H22N4O2S/c1-11-8-15-9-14(16-11)18-7-3-4-12(10-18)17(2)21(19,20)13-5-6-13/h8-9,12-13H,3-7,10H2,1-2H3.